The Bertz CT molecular complexity index is 1500. The highest BCUT2D eigenvalue weighted by atomic mass is 16.8. The van der Waals surface area contributed by atoms with Crippen molar-refractivity contribution in [2.24, 2.45) is 50.7 Å². The molecule has 0 aromatic carbocycles. The lowest BCUT2D eigenvalue weighted by Gasteiger charge is -2.65. The summed E-state index contributed by atoms with van der Waals surface area (Å²) in [5.41, 5.74) is -1.34. The minimum atomic E-state index is -1.34. The molecule has 12 nitrogen and oxygen atoms in total. The van der Waals surface area contributed by atoms with Crippen molar-refractivity contribution in [1.29, 1.82) is 0 Å². The summed E-state index contributed by atoms with van der Waals surface area (Å²) in [7, 11) is 0. The molecule has 19 atom stereocenters. The molecule has 3 spiro atoms. The third-order valence-electron chi connectivity index (χ3n) is 17.1. The molecule has 3 N–H and O–H groups in total. The molecule has 51 heavy (non-hydrogen) atoms. The molecule has 5 aliphatic carbocycles. The van der Waals surface area contributed by atoms with Gasteiger partial charge in [0.25, 0.3) is 0 Å². The molecule has 0 aromatic heterocycles. The van der Waals surface area contributed by atoms with Crippen molar-refractivity contribution in [3.05, 3.63) is 0 Å². The van der Waals surface area contributed by atoms with Gasteiger partial charge in [-0.05, 0) is 97.2 Å². The van der Waals surface area contributed by atoms with Crippen LogP contribution in [0, 0.1) is 50.7 Å². The van der Waals surface area contributed by atoms with E-state index in [4.69, 9.17) is 33.2 Å². The molecule has 12 heteroatoms. The van der Waals surface area contributed by atoms with Crippen LogP contribution < -0.4 is 0 Å². The van der Waals surface area contributed by atoms with Gasteiger partial charge in [0.1, 0.15) is 30.0 Å². The third kappa shape index (κ3) is 4.31. The molecule has 9 aliphatic rings. The largest absolute Gasteiger partial charge is 0.462 e. The zero-order valence-electron chi connectivity index (χ0n) is 31.4. The second-order valence-corrected chi connectivity index (χ2v) is 19.5. The average molecular weight is 719 g/mol. The number of rotatable bonds is 4. The summed E-state index contributed by atoms with van der Waals surface area (Å²) >= 11 is 0. The molecule has 0 aromatic rings. The minimum absolute atomic E-state index is 0.0213. The average Bonchev–Trinajstić information content (AvgIpc) is 3.87. The van der Waals surface area contributed by atoms with Gasteiger partial charge in [-0.15, -0.1) is 0 Å². The van der Waals surface area contributed by atoms with Crippen LogP contribution in [0.2, 0.25) is 0 Å². The molecule has 4 saturated heterocycles. The number of aliphatic hydroxyl groups is 3. The Morgan fingerprint density at radius 1 is 0.784 bits per heavy atom. The van der Waals surface area contributed by atoms with E-state index in [0.29, 0.717) is 18.3 Å². The van der Waals surface area contributed by atoms with Crippen LogP contribution in [0.3, 0.4) is 0 Å². The quantitative estimate of drug-likeness (QED) is 0.220. The van der Waals surface area contributed by atoms with Gasteiger partial charge in [0.15, 0.2) is 18.7 Å². The molecule has 0 unspecified atom stereocenters. The number of carbonyl (C=O) groups excluding carboxylic acids is 2. The molecular weight excluding hydrogens is 660 g/mol. The molecule has 0 amide bonds. The Morgan fingerprint density at radius 2 is 1.49 bits per heavy atom. The first kappa shape index (κ1) is 35.3. The summed E-state index contributed by atoms with van der Waals surface area (Å²) in [5.74, 6) is -0.596. The molecule has 4 aliphatic heterocycles. The van der Waals surface area contributed by atoms with E-state index in [1.54, 1.807) is 0 Å². The van der Waals surface area contributed by atoms with E-state index < -0.39 is 48.2 Å². The van der Waals surface area contributed by atoms with Crippen molar-refractivity contribution >= 4 is 11.9 Å². The first-order chi connectivity index (χ1) is 23.8. The second-order valence-electron chi connectivity index (χ2n) is 19.5. The number of fused-ring (bicyclic) bond motifs is 6. The van der Waals surface area contributed by atoms with Crippen LogP contribution in [0.4, 0.5) is 0 Å². The monoisotopic (exact) mass is 718 g/mol. The maximum atomic E-state index is 12.9. The summed E-state index contributed by atoms with van der Waals surface area (Å²) in [6.07, 6.45) is 0.799. The lowest BCUT2D eigenvalue weighted by atomic mass is 9.41. The van der Waals surface area contributed by atoms with Crippen LogP contribution in [0.5, 0.6) is 0 Å². The maximum absolute atomic E-state index is 12.9. The summed E-state index contributed by atoms with van der Waals surface area (Å²) in [5, 5.41) is 32.4. The van der Waals surface area contributed by atoms with Gasteiger partial charge in [-0.25, -0.2) is 0 Å². The van der Waals surface area contributed by atoms with Crippen LogP contribution in [0.15, 0.2) is 0 Å². The number of esters is 2. The van der Waals surface area contributed by atoms with Crippen molar-refractivity contribution in [1.82, 2.24) is 0 Å². The van der Waals surface area contributed by atoms with Crippen LogP contribution in [-0.4, -0.2) is 101 Å². The Kier molecular flexibility index (Phi) is 7.40. The van der Waals surface area contributed by atoms with E-state index in [-0.39, 0.29) is 75.9 Å². The molecule has 0 bridgehead atoms. The highest BCUT2D eigenvalue weighted by Gasteiger charge is 2.87. The lowest BCUT2D eigenvalue weighted by molar-refractivity contribution is -0.346. The van der Waals surface area contributed by atoms with Gasteiger partial charge < -0.3 is 48.5 Å². The number of epoxide rings is 1. The van der Waals surface area contributed by atoms with Gasteiger partial charge in [-0.3, -0.25) is 9.59 Å². The molecule has 9 rings (SSSR count). The normalized spacial score (nSPS) is 60.1. The highest BCUT2D eigenvalue weighted by Crippen LogP contribution is 2.89. The van der Waals surface area contributed by atoms with Crippen molar-refractivity contribution in [2.75, 3.05) is 6.61 Å². The fourth-order valence-electron chi connectivity index (χ4n) is 14.9. The van der Waals surface area contributed by atoms with Gasteiger partial charge in [0.05, 0.1) is 18.8 Å². The number of aliphatic hydroxyl groups excluding tert-OH is 3. The topological polar surface area (TPSA) is 163 Å². The van der Waals surface area contributed by atoms with Gasteiger partial charge in [0, 0.05) is 25.7 Å². The first-order valence-electron chi connectivity index (χ1n) is 19.5. The number of ether oxygens (including phenoxy) is 7. The predicted octanol–water partition coefficient (Wildman–Crippen LogP) is 3.60. The van der Waals surface area contributed by atoms with Gasteiger partial charge >= 0.3 is 11.9 Å². The van der Waals surface area contributed by atoms with E-state index in [9.17, 15) is 24.9 Å². The van der Waals surface area contributed by atoms with Gasteiger partial charge in [0.2, 0.25) is 5.79 Å². The maximum Gasteiger partial charge on any atom is 0.303 e. The van der Waals surface area contributed by atoms with Crippen molar-refractivity contribution in [3.8, 4) is 0 Å². The fraction of sp³-hybridized carbons (Fsp3) is 0.949. The van der Waals surface area contributed by atoms with E-state index in [2.05, 4.69) is 34.6 Å². The van der Waals surface area contributed by atoms with Crippen LogP contribution >= 0.6 is 0 Å². The minimum Gasteiger partial charge on any atom is -0.462 e. The van der Waals surface area contributed by atoms with Crippen molar-refractivity contribution < 1.29 is 58.1 Å². The van der Waals surface area contributed by atoms with Gasteiger partial charge in [-0.1, -0.05) is 34.6 Å². The summed E-state index contributed by atoms with van der Waals surface area (Å²) in [6.45, 7) is 16.3. The second kappa shape index (κ2) is 10.7. The highest BCUT2D eigenvalue weighted by molar-refractivity contribution is 5.66. The Balaban J connectivity index is 0.996. The molecule has 0 radical (unpaired) electrons. The number of hydrogen-bond acceptors (Lipinski definition) is 12. The van der Waals surface area contributed by atoms with Crippen LogP contribution in [0.1, 0.15) is 107 Å². The molecular formula is C39H58O12. The van der Waals surface area contributed by atoms with Crippen molar-refractivity contribution in [2.45, 2.75) is 173 Å². The molecule has 9 fully saturated rings. The molecule has 4 heterocycles. The first-order valence-corrected chi connectivity index (χ1v) is 19.5. The van der Waals surface area contributed by atoms with E-state index in [1.165, 1.54) is 13.8 Å². The van der Waals surface area contributed by atoms with E-state index in [1.807, 2.05) is 6.92 Å². The van der Waals surface area contributed by atoms with E-state index in [0.717, 1.165) is 44.9 Å². The Labute approximate surface area is 300 Å². The number of carbonyl (C=O) groups is 2. The number of hydrogen-bond donors (Lipinski definition) is 3. The Hall–Kier alpha value is -1.38. The SMILES string of the molecule is CC(=O)O[C@@H]1CO[C@@H](O[C@H]2CC[C@]34C[C@]35C[C@@H](OC(C)=O)[C@]3(C)[C@H]6[C@H](C)C[C@@]7(O[C@H]6C[C@@]3(C)[C@@H]5CC[C@H]4C2(C)C)O[C@H](O)[C@@]2(C)O[C@@H]72)[C@H](O)[C@H]1O. The Morgan fingerprint density at radius 3 is 2.14 bits per heavy atom. The molecule has 5 saturated carbocycles. The van der Waals surface area contributed by atoms with Crippen LogP contribution in [0.25, 0.3) is 0 Å². The fourth-order valence-corrected chi connectivity index (χ4v) is 14.9. The predicted molar refractivity (Wildman–Crippen MR) is 177 cm³/mol. The van der Waals surface area contributed by atoms with Crippen molar-refractivity contribution in [3.63, 3.8) is 0 Å². The third-order valence-corrected chi connectivity index (χ3v) is 17.1. The zero-order valence-corrected chi connectivity index (χ0v) is 31.4. The molecule has 286 valence electrons. The standard InChI is InChI=1S/C39H58O12/c1-18-13-39(31-36(8,50-31)32(44)51-39)49-21-14-34(6)24-10-9-23-33(4,5)25(48-30-29(43)28(42)22(16-45-30)46-19(2)40)11-12-37(23)17-38(24,37)15-26(47-20(3)41)35(34,7)27(18)21/h18,21-32,42-44H,9-17H2,1-8H3/t18-,21+,22-,23+,24+,25+,26-,27+,28+,29-,30+,31-,32+,34+,35-,36+,37-,38+,39-/m1/s1. The van der Waals surface area contributed by atoms with E-state index >= 15 is 0 Å². The summed E-state index contributed by atoms with van der Waals surface area (Å²) in [6, 6.07) is 0. The smallest absolute Gasteiger partial charge is 0.303 e. The van der Waals surface area contributed by atoms with Crippen LogP contribution in [-0.2, 0) is 42.7 Å². The lowest BCUT2D eigenvalue weighted by Crippen LogP contribution is -2.64. The summed E-state index contributed by atoms with van der Waals surface area (Å²) in [4.78, 5) is 24.4. The van der Waals surface area contributed by atoms with Gasteiger partial charge in [-0.2, -0.15) is 0 Å². The zero-order chi connectivity index (χ0) is 36.5. The summed E-state index contributed by atoms with van der Waals surface area (Å²) < 4.78 is 43.3.